The second-order valence-corrected chi connectivity index (χ2v) is 5.75. The summed E-state index contributed by atoms with van der Waals surface area (Å²) in [5.41, 5.74) is 0.739. The van der Waals surface area contributed by atoms with Crippen molar-refractivity contribution in [3.63, 3.8) is 0 Å². The number of hydrogen-bond donors (Lipinski definition) is 1. The molecule has 0 spiro atoms. The molecule has 0 saturated heterocycles. The molecule has 0 unspecified atom stereocenters. The molecule has 0 aliphatic carbocycles. The van der Waals surface area contributed by atoms with Gasteiger partial charge in [-0.2, -0.15) is 0 Å². The first-order valence-electron chi connectivity index (χ1n) is 5.65. The second kappa shape index (κ2) is 6.57. The molecule has 0 bridgehead atoms. The van der Waals surface area contributed by atoms with Gasteiger partial charge in [0.15, 0.2) is 0 Å². The van der Waals surface area contributed by atoms with E-state index in [-0.39, 0.29) is 22.9 Å². The normalized spacial score (nSPS) is 10.4. The van der Waals surface area contributed by atoms with Crippen molar-refractivity contribution in [2.45, 2.75) is 6.42 Å². The number of nitrogens with one attached hydrogen (secondary N) is 1. The van der Waals surface area contributed by atoms with Gasteiger partial charge in [-0.3, -0.25) is 4.79 Å². The van der Waals surface area contributed by atoms with Crippen LogP contribution in [0.1, 0.15) is 5.56 Å². The minimum absolute atomic E-state index is 0.138. The molecule has 0 radical (unpaired) electrons. The van der Waals surface area contributed by atoms with Crippen LogP contribution < -0.4 is 5.32 Å². The molecule has 2 rings (SSSR count). The molecular formula is C14H9BrCl2FNO. The molecular weight excluding hydrogens is 368 g/mol. The van der Waals surface area contributed by atoms with Gasteiger partial charge in [0.25, 0.3) is 0 Å². The summed E-state index contributed by atoms with van der Waals surface area (Å²) in [6.07, 6.45) is -0.138. The molecule has 0 fully saturated rings. The Balaban J connectivity index is 2.13. The number of halogens is 4. The fraction of sp³-hybridized carbons (Fsp3) is 0.0714. The highest BCUT2D eigenvalue weighted by Gasteiger charge is 2.13. The Bertz CT molecular complexity index is 643. The number of hydrogen-bond acceptors (Lipinski definition) is 1. The third kappa shape index (κ3) is 3.72. The SMILES string of the molecule is O=C(Cc1c(F)cccc1Cl)Nc1ccc(Cl)cc1Br. The van der Waals surface area contributed by atoms with Crippen LogP contribution in [0.25, 0.3) is 0 Å². The maximum atomic E-state index is 13.6. The van der Waals surface area contributed by atoms with Crippen LogP contribution in [0, 0.1) is 5.82 Å². The zero-order chi connectivity index (χ0) is 14.7. The molecule has 0 heterocycles. The molecule has 0 aromatic heterocycles. The van der Waals surface area contributed by atoms with Gasteiger partial charge in [0.1, 0.15) is 5.82 Å². The van der Waals surface area contributed by atoms with Crippen molar-refractivity contribution < 1.29 is 9.18 Å². The third-order valence-corrected chi connectivity index (χ3v) is 3.85. The van der Waals surface area contributed by atoms with Crippen LogP contribution in [-0.2, 0) is 11.2 Å². The van der Waals surface area contributed by atoms with E-state index in [4.69, 9.17) is 23.2 Å². The van der Waals surface area contributed by atoms with E-state index >= 15 is 0 Å². The van der Waals surface area contributed by atoms with Gasteiger partial charge < -0.3 is 5.32 Å². The highest BCUT2D eigenvalue weighted by atomic mass is 79.9. The number of rotatable bonds is 3. The standard InChI is InChI=1S/C14H9BrCl2FNO/c15-10-6-8(16)4-5-13(10)19-14(20)7-9-11(17)2-1-3-12(9)18/h1-6H,7H2,(H,19,20). The first-order chi connectivity index (χ1) is 9.47. The monoisotopic (exact) mass is 375 g/mol. The van der Waals surface area contributed by atoms with Gasteiger partial charge in [0.2, 0.25) is 5.91 Å². The molecule has 6 heteroatoms. The molecule has 2 nitrogen and oxygen atoms in total. The van der Waals surface area contributed by atoms with Crippen molar-refractivity contribution in [2.24, 2.45) is 0 Å². The number of amides is 1. The zero-order valence-corrected chi connectivity index (χ0v) is 13.2. The van der Waals surface area contributed by atoms with E-state index in [1.807, 2.05) is 0 Å². The maximum Gasteiger partial charge on any atom is 0.228 e. The van der Waals surface area contributed by atoms with Gasteiger partial charge >= 0.3 is 0 Å². The first-order valence-corrected chi connectivity index (χ1v) is 7.20. The minimum Gasteiger partial charge on any atom is -0.325 e. The van der Waals surface area contributed by atoms with E-state index in [0.717, 1.165) is 0 Å². The Morgan fingerprint density at radius 3 is 2.65 bits per heavy atom. The topological polar surface area (TPSA) is 29.1 Å². The summed E-state index contributed by atoms with van der Waals surface area (Å²) < 4.78 is 14.2. The van der Waals surface area contributed by atoms with E-state index in [1.165, 1.54) is 12.1 Å². The Hall–Kier alpha value is -1.10. The fourth-order valence-electron chi connectivity index (χ4n) is 1.65. The zero-order valence-electron chi connectivity index (χ0n) is 10.1. The number of benzene rings is 2. The highest BCUT2D eigenvalue weighted by molar-refractivity contribution is 9.10. The van der Waals surface area contributed by atoms with E-state index < -0.39 is 5.82 Å². The average molecular weight is 377 g/mol. The van der Waals surface area contributed by atoms with Crippen molar-refractivity contribution in [1.82, 2.24) is 0 Å². The number of carbonyl (C=O) groups is 1. The van der Waals surface area contributed by atoms with Crippen LogP contribution in [-0.4, -0.2) is 5.91 Å². The van der Waals surface area contributed by atoms with Crippen LogP contribution in [0.5, 0.6) is 0 Å². The predicted octanol–water partition coefficient (Wildman–Crippen LogP) is 5.08. The first kappa shape index (κ1) is 15.3. The largest absolute Gasteiger partial charge is 0.325 e. The molecule has 0 atom stereocenters. The lowest BCUT2D eigenvalue weighted by atomic mass is 10.1. The van der Waals surface area contributed by atoms with E-state index in [1.54, 1.807) is 24.3 Å². The van der Waals surface area contributed by atoms with E-state index in [0.29, 0.717) is 15.2 Å². The van der Waals surface area contributed by atoms with Crippen LogP contribution in [0.2, 0.25) is 10.0 Å². The molecule has 2 aromatic carbocycles. The molecule has 20 heavy (non-hydrogen) atoms. The summed E-state index contributed by atoms with van der Waals surface area (Å²) in [6.45, 7) is 0. The lowest BCUT2D eigenvalue weighted by molar-refractivity contribution is -0.115. The van der Waals surface area contributed by atoms with Crippen molar-refractivity contribution in [3.8, 4) is 0 Å². The smallest absolute Gasteiger partial charge is 0.228 e. The Morgan fingerprint density at radius 1 is 1.25 bits per heavy atom. The Morgan fingerprint density at radius 2 is 2.00 bits per heavy atom. The van der Waals surface area contributed by atoms with Gasteiger partial charge in [0.05, 0.1) is 12.1 Å². The second-order valence-electron chi connectivity index (χ2n) is 4.05. The van der Waals surface area contributed by atoms with Crippen molar-refractivity contribution >= 4 is 50.7 Å². The Labute approximate surface area is 134 Å². The summed E-state index contributed by atoms with van der Waals surface area (Å²) >= 11 is 15.0. The summed E-state index contributed by atoms with van der Waals surface area (Å²) in [5.74, 6) is -0.858. The van der Waals surface area contributed by atoms with Gasteiger partial charge in [-0.15, -0.1) is 0 Å². The molecule has 1 N–H and O–H groups in total. The molecule has 0 saturated carbocycles. The lowest BCUT2D eigenvalue weighted by Gasteiger charge is -2.09. The summed E-state index contributed by atoms with van der Waals surface area (Å²) in [5, 5.41) is 3.45. The summed E-state index contributed by atoms with van der Waals surface area (Å²) in [6, 6.07) is 9.28. The van der Waals surface area contributed by atoms with Crippen LogP contribution >= 0.6 is 39.1 Å². The highest BCUT2D eigenvalue weighted by Crippen LogP contribution is 2.26. The molecule has 2 aromatic rings. The lowest BCUT2D eigenvalue weighted by Crippen LogP contribution is -2.15. The average Bonchev–Trinajstić information content (AvgIpc) is 2.37. The van der Waals surface area contributed by atoms with Gasteiger partial charge in [-0.1, -0.05) is 29.3 Å². The van der Waals surface area contributed by atoms with Crippen molar-refractivity contribution in [3.05, 3.63) is 62.3 Å². The Kier molecular flexibility index (Phi) is 5.02. The summed E-state index contributed by atoms with van der Waals surface area (Å²) in [4.78, 5) is 11.9. The maximum absolute atomic E-state index is 13.6. The van der Waals surface area contributed by atoms with Crippen LogP contribution in [0.4, 0.5) is 10.1 Å². The molecule has 0 aliphatic heterocycles. The van der Waals surface area contributed by atoms with Crippen molar-refractivity contribution in [2.75, 3.05) is 5.32 Å². The number of anilines is 1. The van der Waals surface area contributed by atoms with E-state index in [9.17, 15) is 9.18 Å². The van der Waals surface area contributed by atoms with Crippen LogP contribution in [0.15, 0.2) is 40.9 Å². The number of carbonyl (C=O) groups excluding carboxylic acids is 1. The fourth-order valence-corrected chi connectivity index (χ4v) is 2.66. The third-order valence-electron chi connectivity index (χ3n) is 2.60. The van der Waals surface area contributed by atoms with Gasteiger partial charge in [0, 0.05) is 20.1 Å². The molecule has 0 aliphatic rings. The van der Waals surface area contributed by atoms with Gasteiger partial charge in [-0.25, -0.2) is 4.39 Å². The van der Waals surface area contributed by atoms with Gasteiger partial charge in [-0.05, 0) is 46.3 Å². The molecule has 1 amide bonds. The van der Waals surface area contributed by atoms with E-state index in [2.05, 4.69) is 21.2 Å². The predicted molar refractivity (Wildman–Crippen MR) is 82.9 cm³/mol. The van der Waals surface area contributed by atoms with Crippen LogP contribution in [0.3, 0.4) is 0 Å². The minimum atomic E-state index is -0.497. The van der Waals surface area contributed by atoms with Crippen molar-refractivity contribution in [1.29, 1.82) is 0 Å². The quantitative estimate of drug-likeness (QED) is 0.795. The summed E-state index contributed by atoms with van der Waals surface area (Å²) in [7, 11) is 0. The molecule has 104 valence electrons.